The SMILES string of the molecule is CN1CCCC(N(C)C(C)(C)CN)C1. The summed E-state index contributed by atoms with van der Waals surface area (Å²) in [7, 11) is 4.41. The first-order valence-corrected chi connectivity index (χ1v) is 5.59. The van der Waals surface area contributed by atoms with E-state index in [0.29, 0.717) is 6.04 Å². The summed E-state index contributed by atoms with van der Waals surface area (Å²) >= 11 is 0. The zero-order chi connectivity index (χ0) is 10.8. The van der Waals surface area contributed by atoms with E-state index < -0.39 is 0 Å². The minimum absolute atomic E-state index is 0.128. The first-order chi connectivity index (χ1) is 6.47. The molecular weight excluding hydrogens is 174 g/mol. The minimum atomic E-state index is 0.128. The van der Waals surface area contributed by atoms with E-state index >= 15 is 0 Å². The maximum absolute atomic E-state index is 5.79. The van der Waals surface area contributed by atoms with Crippen LogP contribution in [-0.2, 0) is 0 Å². The van der Waals surface area contributed by atoms with Gasteiger partial charge in [0.05, 0.1) is 0 Å². The van der Waals surface area contributed by atoms with Crippen molar-refractivity contribution in [3.05, 3.63) is 0 Å². The van der Waals surface area contributed by atoms with Crippen LogP contribution in [0.3, 0.4) is 0 Å². The molecule has 0 amide bonds. The lowest BCUT2D eigenvalue weighted by molar-refractivity contribution is 0.0592. The zero-order valence-electron chi connectivity index (χ0n) is 10.1. The fraction of sp³-hybridized carbons (Fsp3) is 1.00. The van der Waals surface area contributed by atoms with Crippen LogP contribution in [0.1, 0.15) is 26.7 Å². The first kappa shape index (κ1) is 12.0. The predicted octanol–water partition coefficient (Wildman–Crippen LogP) is 0.750. The van der Waals surface area contributed by atoms with Crippen molar-refractivity contribution in [1.29, 1.82) is 0 Å². The number of hydrogen-bond donors (Lipinski definition) is 1. The monoisotopic (exact) mass is 199 g/mol. The molecule has 1 aliphatic rings. The number of hydrogen-bond acceptors (Lipinski definition) is 3. The van der Waals surface area contributed by atoms with E-state index in [4.69, 9.17) is 5.73 Å². The minimum Gasteiger partial charge on any atom is -0.329 e. The van der Waals surface area contributed by atoms with Gasteiger partial charge >= 0.3 is 0 Å². The molecule has 0 aromatic carbocycles. The van der Waals surface area contributed by atoms with Crippen LogP contribution in [0.2, 0.25) is 0 Å². The lowest BCUT2D eigenvalue weighted by Crippen LogP contribution is -2.56. The Bertz CT molecular complexity index is 179. The van der Waals surface area contributed by atoms with Crippen LogP contribution >= 0.6 is 0 Å². The van der Waals surface area contributed by atoms with Gasteiger partial charge in [0.25, 0.3) is 0 Å². The van der Waals surface area contributed by atoms with Crippen molar-refractivity contribution in [2.45, 2.75) is 38.3 Å². The maximum atomic E-state index is 5.79. The Balaban J connectivity index is 2.55. The molecule has 84 valence electrons. The summed E-state index contributed by atoms with van der Waals surface area (Å²) in [6.07, 6.45) is 2.62. The molecule has 3 nitrogen and oxygen atoms in total. The predicted molar refractivity (Wildman–Crippen MR) is 61.4 cm³/mol. The number of likely N-dealkylation sites (tertiary alicyclic amines) is 1. The molecule has 0 aromatic heterocycles. The summed E-state index contributed by atoms with van der Waals surface area (Å²) in [5.41, 5.74) is 5.92. The summed E-state index contributed by atoms with van der Waals surface area (Å²) in [5.74, 6) is 0. The lowest BCUT2D eigenvalue weighted by Gasteiger charge is -2.44. The standard InChI is InChI=1S/C11H25N3/c1-11(2,9-12)14(4)10-6-5-7-13(3)8-10/h10H,5-9,12H2,1-4H3. The quantitative estimate of drug-likeness (QED) is 0.728. The molecule has 1 aliphatic heterocycles. The molecule has 0 radical (unpaired) electrons. The molecule has 0 aliphatic carbocycles. The second kappa shape index (κ2) is 4.60. The van der Waals surface area contributed by atoms with Gasteiger partial charge in [-0.3, -0.25) is 4.90 Å². The number of nitrogens with two attached hydrogens (primary N) is 1. The topological polar surface area (TPSA) is 32.5 Å². The van der Waals surface area contributed by atoms with Crippen molar-refractivity contribution >= 4 is 0 Å². The van der Waals surface area contributed by atoms with E-state index in [-0.39, 0.29) is 5.54 Å². The largest absolute Gasteiger partial charge is 0.329 e. The highest BCUT2D eigenvalue weighted by Gasteiger charge is 2.30. The molecular formula is C11H25N3. The van der Waals surface area contributed by atoms with Gasteiger partial charge in [-0.25, -0.2) is 0 Å². The Morgan fingerprint density at radius 1 is 1.50 bits per heavy atom. The Morgan fingerprint density at radius 3 is 2.64 bits per heavy atom. The molecule has 3 heteroatoms. The average Bonchev–Trinajstić information content (AvgIpc) is 2.16. The number of rotatable bonds is 3. The van der Waals surface area contributed by atoms with Gasteiger partial charge in [0, 0.05) is 24.7 Å². The zero-order valence-corrected chi connectivity index (χ0v) is 10.1. The van der Waals surface area contributed by atoms with Crippen LogP contribution < -0.4 is 5.73 Å². The molecule has 1 saturated heterocycles. The Hall–Kier alpha value is -0.120. The highest BCUT2D eigenvalue weighted by atomic mass is 15.2. The third-order valence-electron chi connectivity index (χ3n) is 3.60. The molecule has 1 atom stereocenters. The van der Waals surface area contributed by atoms with Gasteiger partial charge in [0.2, 0.25) is 0 Å². The van der Waals surface area contributed by atoms with Crippen molar-refractivity contribution < 1.29 is 0 Å². The summed E-state index contributed by atoms with van der Waals surface area (Å²) in [6.45, 7) is 7.60. The Kier molecular flexibility index (Phi) is 3.93. The highest BCUT2D eigenvalue weighted by molar-refractivity contribution is 4.88. The van der Waals surface area contributed by atoms with Crippen molar-refractivity contribution in [3.63, 3.8) is 0 Å². The van der Waals surface area contributed by atoms with Crippen molar-refractivity contribution in [1.82, 2.24) is 9.80 Å². The molecule has 1 unspecified atom stereocenters. The van der Waals surface area contributed by atoms with E-state index in [0.717, 1.165) is 6.54 Å². The number of likely N-dealkylation sites (N-methyl/N-ethyl adjacent to an activating group) is 2. The first-order valence-electron chi connectivity index (χ1n) is 5.59. The van der Waals surface area contributed by atoms with Crippen molar-refractivity contribution in [2.75, 3.05) is 33.7 Å². The van der Waals surface area contributed by atoms with Crippen molar-refractivity contribution in [3.8, 4) is 0 Å². The van der Waals surface area contributed by atoms with Crippen LogP contribution in [0.5, 0.6) is 0 Å². The highest BCUT2D eigenvalue weighted by Crippen LogP contribution is 2.20. The van der Waals surface area contributed by atoms with Crippen molar-refractivity contribution in [2.24, 2.45) is 5.73 Å². The van der Waals surface area contributed by atoms with Gasteiger partial charge in [-0.1, -0.05) is 0 Å². The van der Waals surface area contributed by atoms with E-state index in [1.54, 1.807) is 0 Å². The van der Waals surface area contributed by atoms with Crippen LogP contribution in [0.25, 0.3) is 0 Å². The maximum Gasteiger partial charge on any atom is 0.0275 e. The molecule has 1 heterocycles. The van der Waals surface area contributed by atoms with E-state index in [2.05, 4.69) is 37.7 Å². The molecule has 0 bridgehead atoms. The van der Waals surface area contributed by atoms with Gasteiger partial charge in [-0.05, 0) is 47.3 Å². The third-order valence-corrected chi connectivity index (χ3v) is 3.60. The third kappa shape index (κ3) is 2.69. The number of nitrogens with zero attached hydrogens (tertiary/aromatic N) is 2. The van der Waals surface area contributed by atoms with E-state index in [9.17, 15) is 0 Å². The molecule has 2 N–H and O–H groups in total. The van der Waals surface area contributed by atoms with Gasteiger partial charge in [0.15, 0.2) is 0 Å². The molecule has 0 saturated carbocycles. The number of piperidine rings is 1. The fourth-order valence-electron chi connectivity index (χ4n) is 2.09. The van der Waals surface area contributed by atoms with Crippen LogP contribution in [0, 0.1) is 0 Å². The second-order valence-electron chi connectivity index (χ2n) is 5.19. The van der Waals surface area contributed by atoms with Crippen LogP contribution in [-0.4, -0.2) is 55.1 Å². The van der Waals surface area contributed by atoms with E-state index in [1.165, 1.54) is 25.9 Å². The summed E-state index contributed by atoms with van der Waals surface area (Å²) in [6, 6.07) is 0.673. The summed E-state index contributed by atoms with van der Waals surface area (Å²) < 4.78 is 0. The summed E-state index contributed by atoms with van der Waals surface area (Å²) in [5, 5.41) is 0. The Morgan fingerprint density at radius 2 is 2.14 bits per heavy atom. The summed E-state index contributed by atoms with van der Waals surface area (Å²) in [4.78, 5) is 4.86. The van der Waals surface area contributed by atoms with Crippen LogP contribution in [0.15, 0.2) is 0 Å². The van der Waals surface area contributed by atoms with E-state index in [1.807, 2.05) is 0 Å². The lowest BCUT2D eigenvalue weighted by atomic mass is 9.97. The molecule has 14 heavy (non-hydrogen) atoms. The molecule has 0 aromatic rings. The molecule has 1 fully saturated rings. The normalized spacial score (nSPS) is 25.7. The second-order valence-corrected chi connectivity index (χ2v) is 5.19. The van der Waals surface area contributed by atoms with Gasteiger partial charge in [0.1, 0.15) is 0 Å². The smallest absolute Gasteiger partial charge is 0.0275 e. The Labute approximate surface area is 88.2 Å². The van der Waals surface area contributed by atoms with Gasteiger partial charge in [-0.15, -0.1) is 0 Å². The molecule has 1 rings (SSSR count). The van der Waals surface area contributed by atoms with Gasteiger partial charge in [-0.2, -0.15) is 0 Å². The fourth-order valence-corrected chi connectivity index (χ4v) is 2.09. The van der Waals surface area contributed by atoms with Crippen LogP contribution in [0.4, 0.5) is 0 Å². The average molecular weight is 199 g/mol. The molecule has 0 spiro atoms. The van der Waals surface area contributed by atoms with Gasteiger partial charge < -0.3 is 10.6 Å².